The van der Waals surface area contributed by atoms with Gasteiger partial charge in [-0.2, -0.15) is 0 Å². The van der Waals surface area contributed by atoms with Gasteiger partial charge in [-0.15, -0.1) is 0 Å². The second-order valence-electron chi connectivity index (χ2n) is 7.43. The molecule has 0 atom stereocenters. The fraction of sp³-hybridized carbons (Fsp3) is 0.333. The molecule has 30 heavy (non-hydrogen) atoms. The summed E-state index contributed by atoms with van der Waals surface area (Å²) in [6.45, 7) is 5.78. The minimum atomic E-state index is -3.57. The number of nitrogens with one attached hydrogen (secondary N) is 2. The van der Waals surface area contributed by atoms with E-state index >= 15 is 0 Å². The Labute approximate surface area is 176 Å². The molecule has 3 rings (SSSR count). The van der Waals surface area contributed by atoms with E-state index in [9.17, 15) is 18.0 Å². The normalized spacial score (nSPS) is 14.4. The Bertz CT molecular complexity index is 1060. The van der Waals surface area contributed by atoms with Gasteiger partial charge in [0.1, 0.15) is 0 Å². The summed E-state index contributed by atoms with van der Waals surface area (Å²) in [6.07, 6.45) is 1.03. The van der Waals surface area contributed by atoms with E-state index in [4.69, 9.17) is 0 Å². The van der Waals surface area contributed by atoms with Crippen molar-refractivity contribution >= 4 is 38.9 Å². The predicted octanol–water partition coefficient (Wildman–Crippen LogP) is 2.29. The summed E-state index contributed by atoms with van der Waals surface area (Å²) in [4.78, 5) is 28.5. The van der Waals surface area contributed by atoms with Crippen LogP contribution in [-0.4, -0.2) is 57.6 Å². The van der Waals surface area contributed by atoms with Crippen molar-refractivity contribution in [2.75, 3.05) is 47.4 Å². The number of aryl methyl sites for hydroxylation is 1. The van der Waals surface area contributed by atoms with Crippen LogP contribution in [0.5, 0.6) is 0 Å². The van der Waals surface area contributed by atoms with Crippen LogP contribution in [0.25, 0.3) is 0 Å². The van der Waals surface area contributed by atoms with Crippen molar-refractivity contribution in [1.29, 1.82) is 0 Å². The highest BCUT2D eigenvalue weighted by Crippen LogP contribution is 2.25. The summed E-state index contributed by atoms with van der Waals surface area (Å²) in [5.74, 6) is -0.554. The lowest BCUT2D eigenvalue weighted by molar-refractivity contribution is -0.114. The zero-order valence-electron chi connectivity index (χ0n) is 17.3. The summed E-state index contributed by atoms with van der Waals surface area (Å²) in [6, 6.07) is 12.8. The van der Waals surface area contributed by atoms with E-state index in [1.54, 1.807) is 11.0 Å². The molecule has 0 aromatic heterocycles. The van der Waals surface area contributed by atoms with E-state index in [1.165, 1.54) is 24.6 Å². The van der Waals surface area contributed by atoms with Gasteiger partial charge in [-0.05, 0) is 42.8 Å². The van der Waals surface area contributed by atoms with Gasteiger partial charge in [0.2, 0.25) is 15.9 Å². The van der Waals surface area contributed by atoms with Gasteiger partial charge in [0, 0.05) is 44.5 Å². The average Bonchev–Trinajstić information content (AvgIpc) is 2.67. The number of sulfonamides is 1. The minimum Gasteiger partial charge on any atom is -0.368 e. The molecule has 9 heteroatoms. The number of piperazine rings is 1. The van der Waals surface area contributed by atoms with Crippen LogP contribution in [0.4, 0.5) is 17.1 Å². The number of carbonyl (C=O) groups is 2. The molecule has 1 heterocycles. The third-order valence-corrected chi connectivity index (χ3v) is 5.39. The van der Waals surface area contributed by atoms with Crippen molar-refractivity contribution in [2.45, 2.75) is 13.8 Å². The van der Waals surface area contributed by atoms with Crippen LogP contribution in [-0.2, 0) is 14.8 Å². The summed E-state index contributed by atoms with van der Waals surface area (Å²) in [5.41, 5.74) is 3.13. The Morgan fingerprint density at radius 2 is 1.70 bits per heavy atom. The number of rotatable bonds is 5. The van der Waals surface area contributed by atoms with Gasteiger partial charge >= 0.3 is 0 Å². The van der Waals surface area contributed by atoms with Gasteiger partial charge < -0.3 is 15.1 Å². The number of benzene rings is 2. The van der Waals surface area contributed by atoms with Crippen LogP contribution in [0.2, 0.25) is 0 Å². The molecule has 0 radical (unpaired) electrons. The molecule has 1 aliphatic rings. The van der Waals surface area contributed by atoms with Crippen molar-refractivity contribution < 1.29 is 18.0 Å². The number of anilines is 3. The first-order valence-corrected chi connectivity index (χ1v) is 11.5. The lowest BCUT2D eigenvalue weighted by atomic mass is 10.1. The summed E-state index contributed by atoms with van der Waals surface area (Å²) >= 11 is 0. The molecule has 0 spiro atoms. The van der Waals surface area contributed by atoms with Gasteiger partial charge in [0.15, 0.2) is 0 Å². The summed E-state index contributed by atoms with van der Waals surface area (Å²) < 4.78 is 25.9. The Balaban J connectivity index is 1.80. The first kappa shape index (κ1) is 21.6. The fourth-order valence-corrected chi connectivity index (χ4v) is 4.03. The quantitative estimate of drug-likeness (QED) is 0.758. The fourth-order valence-electron chi connectivity index (χ4n) is 3.45. The van der Waals surface area contributed by atoms with Crippen molar-refractivity contribution in [1.82, 2.24) is 4.90 Å². The molecule has 2 aromatic carbocycles. The van der Waals surface area contributed by atoms with Gasteiger partial charge in [-0.25, -0.2) is 8.42 Å². The van der Waals surface area contributed by atoms with E-state index in [1.807, 2.05) is 19.1 Å². The Morgan fingerprint density at radius 1 is 1.00 bits per heavy atom. The molecule has 1 fully saturated rings. The molecule has 2 N–H and O–H groups in total. The Kier molecular flexibility index (Phi) is 6.31. The predicted molar refractivity (Wildman–Crippen MR) is 119 cm³/mol. The second kappa shape index (κ2) is 8.74. The number of nitrogens with zero attached hydrogens (tertiary/aromatic N) is 2. The molecule has 0 saturated carbocycles. The van der Waals surface area contributed by atoms with E-state index in [0.29, 0.717) is 31.9 Å². The van der Waals surface area contributed by atoms with E-state index in [2.05, 4.69) is 27.1 Å². The standard InChI is InChI=1S/C21H26N4O4S/c1-15-5-4-6-18(13-15)24-9-11-25(12-10-24)21(27)19-14-17(22-16(2)26)7-8-20(19)23-30(3,28)29/h4-8,13-14,23H,9-12H2,1-3H3,(H,22,26). The monoisotopic (exact) mass is 430 g/mol. The molecule has 1 saturated heterocycles. The average molecular weight is 431 g/mol. The van der Waals surface area contributed by atoms with Crippen molar-refractivity contribution in [3.63, 3.8) is 0 Å². The third kappa shape index (κ3) is 5.50. The molecule has 2 aromatic rings. The molecule has 160 valence electrons. The maximum Gasteiger partial charge on any atom is 0.256 e. The second-order valence-corrected chi connectivity index (χ2v) is 9.18. The van der Waals surface area contributed by atoms with Gasteiger partial charge in [0.05, 0.1) is 17.5 Å². The number of carbonyl (C=O) groups excluding carboxylic acids is 2. The molecule has 0 bridgehead atoms. The largest absolute Gasteiger partial charge is 0.368 e. The first-order chi connectivity index (χ1) is 14.1. The maximum atomic E-state index is 13.2. The highest BCUT2D eigenvalue weighted by molar-refractivity contribution is 7.92. The Hall–Kier alpha value is -3.07. The molecule has 8 nitrogen and oxygen atoms in total. The van der Waals surface area contributed by atoms with Crippen molar-refractivity contribution in [3.05, 3.63) is 53.6 Å². The molecule has 0 aliphatic carbocycles. The zero-order chi connectivity index (χ0) is 21.9. The van der Waals surface area contributed by atoms with Crippen LogP contribution < -0.4 is 14.9 Å². The SMILES string of the molecule is CC(=O)Nc1ccc(NS(C)(=O)=O)c(C(=O)N2CCN(c3cccc(C)c3)CC2)c1. The highest BCUT2D eigenvalue weighted by Gasteiger charge is 2.25. The molecular formula is C21H26N4O4S. The summed E-state index contributed by atoms with van der Waals surface area (Å²) in [5, 5.41) is 2.63. The zero-order valence-corrected chi connectivity index (χ0v) is 18.1. The Morgan fingerprint density at radius 3 is 2.30 bits per heavy atom. The molecule has 2 amide bonds. The summed E-state index contributed by atoms with van der Waals surface area (Å²) in [7, 11) is -3.57. The van der Waals surface area contributed by atoms with Crippen LogP contribution in [0.3, 0.4) is 0 Å². The third-order valence-electron chi connectivity index (χ3n) is 4.80. The minimum absolute atomic E-state index is 0.192. The van der Waals surface area contributed by atoms with Crippen molar-refractivity contribution in [2.24, 2.45) is 0 Å². The van der Waals surface area contributed by atoms with E-state index < -0.39 is 10.0 Å². The number of amides is 2. The lowest BCUT2D eigenvalue weighted by Gasteiger charge is -2.36. The molecule has 0 unspecified atom stereocenters. The van der Waals surface area contributed by atoms with E-state index in [-0.39, 0.29) is 23.1 Å². The number of hydrogen-bond acceptors (Lipinski definition) is 5. The van der Waals surface area contributed by atoms with Crippen LogP contribution in [0, 0.1) is 6.92 Å². The van der Waals surface area contributed by atoms with Crippen LogP contribution in [0.1, 0.15) is 22.8 Å². The maximum absolute atomic E-state index is 13.2. The smallest absolute Gasteiger partial charge is 0.256 e. The van der Waals surface area contributed by atoms with Crippen molar-refractivity contribution in [3.8, 4) is 0 Å². The number of hydrogen-bond donors (Lipinski definition) is 2. The first-order valence-electron chi connectivity index (χ1n) is 9.63. The van der Waals surface area contributed by atoms with Gasteiger partial charge in [-0.3, -0.25) is 14.3 Å². The molecular weight excluding hydrogens is 404 g/mol. The van der Waals surface area contributed by atoms with Crippen LogP contribution in [0.15, 0.2) is 42.5 Å². The molecule has 1 aliphatic heterocycles. The topological polar surface area (TPSA) is 98.8 Å². The van der Waals surface area contributed by atoms with E-state index in [0.717, 1.165) is 11.9 Å². The van der Waals surface area contributed by atoms with Crippen LogP contribution >= 0.6 is 0 Å². The highest BCUT2D eigenvalue weighted by atomic mass is 32.2. The van der Waals surface area contributed by atoms with Gasteiger partial charge in [0.25, 0.3) is 5.91 Å². The lowest BCUT2D eigenvalue weighted by Crippen LogP contribution is -2.49. The van der Waals surface area contributed by atoms with Gasteiger partial charge in [-0.1, -0.05) is 12.1 Å².